The topological polar surface area (TPSA) is 143 Å². The van der Waals surface area contributed by atoms with Crippen LogP contribution < -0.4 is 15.5 Å². The van der Waals surface area contributed by atoms with Crippen LogP contribution in [0.4, 0.5) is 20.7 Å². The van der Waals surface area contributed by atoms with Crippen LogP contribution >= 0.6 is 0 Å². The maximum atomic E-state index is 14.2. The third kappa shape index (κ3) is 7.43. The Kier molecular flexibility index (Phi) is 8.87. The molecule has 14 heteroatoms. The number of imidazole rings is 1. The lowest BCUT2D eigenvalue weighted by molar-refractivity contribution is -0.115. The highest BCUT2D eigenvalue weighted by Crippen LogP contribution is 2.25. The molecule has 6 heterocycles. The van der Waals surface area contributed by atoms with Gasteiger partial charge >= 0.3 is 6.09 Å². The van der Waals surface area contributed by atoms with E-state index in [0.29, 0.717) is 36.4 Å². The maximum absolute atomic E-state index is 14.2. The van der Waals surface area contributed by atoms with E-state index in [1.165, 1.54) is 17.2 Å². The van der Waals surface area contributed by atoms with Gasteiger partial charge in [-0.25, -0.2) is 24.1 Å². The zero-order chi connectivity index (χ0) is 30.7. The number of nitrogens with zero attached hydrogens (tertiary/aromatic N) is 6. The van der Waals surface area contributed by atoms with E-state index >= 15 is 0 Å². The van der Waals surface area contributed by atoms with Crippen molar-refractivity contribution in [1.29, 1.82) is 0 Å². The lowest BCUT2D eigenvalue weighted by Crippen LogP contribution is -2.59. The molecule has 0 radical (unpaired) electrons. The summed E-state index contributed by atoms with van der Waals surface area (Å²) in [5, 5.41) is 6.14. The Hall–Kier alpha value is -4.17. The van der Waals surface area contributed by atoms with Crippen molar-refractivity contribution in [2.24, 2.45) is 11.8 Å². The van der Waals surface area contributed by atoms with Gasteiger partial charge in [0.15, 0.2) is 11.5 Å². The Morgan fingerprint density at radius 2 is 1.93 bits per heavy atom. The number of amides is 2. The predicted octanol–water partition coefficient (Wildman–Crippen LogP) is 2.30. The van der Waals surface area contributed by atoms with Crippen molar-refractivity contribution in [2.75, 3.05) is 56.2 Å². The number of hydrogen-bond acceptors (Lipinski definition) is 10. The van der Waals surface area contributed by atoms with Crippen LogP contribution in [0, 0.1) is 24.6 Å². The fraction of sp³-hybridized carbons (Fsp3) is 0.517. The van der Waals surface area contributed by atoms with Crippen molar-refractivity contribution in [2.45, 2.75) is 39.3 Å². The number of halogens is 1. The number of nitrogens with one attached hydrogen (secondary N) is 2. The molecule has 3 aliphatic heterocycles. The van der Waals surface area contributed by atoms with Crippen molar-refractivity contribution in [3.8, 4) is 0 Å². The normalized spacial score (nSPS) is 19.1. The summed E-state index contributed by atoms with van der Waals surface area (Å²) < 4.78 is 26.4. The highest BCUT2D eigenvalue weighted by atomic mass is 19.1. The number of aromatic nitrogens is 4. The number of fused-ring (bicyclic) bond motifs is 1. The van der Waals surface area contributed by atoms with Crippen molar-refractivity contribution in [3.63, 3.8) is 0 Å². The van der Waals surface area contributed by atoms with Gasteiger partial charge in [-0.05, 0) is 27.7 Å². The first kappa shape index (κ1) is 30.3. The third-order valence-corrected chi connectivity index (χ3v) is 7.26. The van der Waals surface area contributed by atoms with E-state index in [9.17, 15) is 18.8 Å². The standard InChI is InChI=1S/C20H22FN7O2.C9H15NO3/c1-12-7-28-10-14(4-15(21)19(28)25-12)26-20(29)16-5-24-18(6-23-16)27-8-13(9-27)17-11-30-3-2-22-17;1-9(2,3)13-8(12)10-4-7(5-10)6-11/h4-7,10,13,17,22H,2-3,8-9,11H2,1H3,(H,26,29);6-7H,4-5H2,1-3H3/t17-;/m1./s1. The number of hydrogen-bond donors (Lipinski definition) is 2. The van der Waals surface area contributed by atoms with Gasteiger partial charge in [0.25, 0.3) is 5.91 Å². The molecule has 3 aliphatic rings. The van der Waals surface area contributed by atoms with Gasteiger partial charge in [0.1, 0.15) is 23.4 Å². The highest BCUT2D eigenvalue weighted by molar-refractivity contribution is 6.02. The summed E-state index contributed by atoms with van der Waals surface area (Å²) in [4.78, 5) is 50.4. The molecule has 3 aromatic rings. The van der Waals surface area contributed by atoms with E-state index in [4.69, 9.17) is 9.47 Å². The third-order valence-electron chi connectivity index (χ3n) is 7.26. The van der Waals surface area contributed by atoms with Gasteiger partial charge in [0.05, 0.1) is 42.9 Å². The number of ether oxygens (including phenoxy) is 2. The number of morpholine rings is 1. The maximum Gasteiger partial charge on any atom is 0.410 e. The summed E-state index contributed by atoms with van der Waals surface area (Å²) in [6.07, 6.45) is 6.89. The highest BCUT2D eigenvalue weighted by Gasteiger charge is 2.35. The fourth-order valence-electron chi connectivity index (χ4n) is 4.96. The molecule has 2 amide bonds. The fourth-order valence-corrected chi connectivity index (χ4v) is 4.96. The molecule has 3 aromatic heterocycles. The Bertz CT molecular complexity index is 1460. The predicted molar refractivity (Wildman–Crippen MR) is 156 cm³/mol. The monoisotopic (exact) mass is 596 g/mol. The minimum absolute atomic E-state index is 0.00696. The van der Waals surface area contributed by atoms with E-state index in [2.05, 4.69) is 30.5 Å². The molecule has 3 fully saturated rings. The van der Waals surface area contributed by atoms with Crippen LogP contribution in [0.5, 0.6) is 0 Å². The number of carbonyl (C=O) groups is 3. The number of likely N-dealkylation sites (tertiary alicyclic amines) is 1. The van der Waals surface area contributed by atoms with Crippen LogP contribution in [0.3, 0.4) is 0 Å². The van der Waals surface area contributed by atoms with Gasteiger partial charge in [-0.15, -0.1) is 0 Å². The van der Waals surface area contributed by atoms with Gasteiger partial charge in [-0.2, -0.15) is 0 Å². The Morgan fingerprint density at radius 3 is 2.56 bits per heavy atom. The van der Waals surface area contributed by atoms with Gasteiger partial charge in [0, 0.05) is 63.1 Å². The molecule has 13 nitrogen and oxygen atoms in total. The molecule has 3 saturated heterocycles. The van der Waals surface area contributed by atoms with Crippen molar-refractivity contribution < 1.29 is 28.2 Å². The minimum atomic E-state index is -0.507. The number of aldehydes is 1. The first-order valence-corrected chi connectivity index (χ1v) is 14.3. The van der Waals surface area contributed by atoms with Crippen molar-refractivity contribution in [3.05, 3.63) is 48.1 Å². The van der Waals surface area contributed by atoms with E-state index in [-0.39, 0.29) is 23.4 Å². The molecule has 1 atom stereocenters. The molecular weight excluding hydrogens is 559 g/mol. The van der Waals surface area contributed by atoms with E-state index in [0.717, 1.165) is 45.0 Å². The Labute approximate surface area is 248 Å². The molecule has 2 N–H and O–H groups in total. The summed E-state index contributed by atoms with van der Waals surface area (Å²) in [7, 11) is 0. The molecule has 43 heavy (non-hydrogen) atoms. The summed E-state index contributed by atoms with van der Waals surface area (Å²) in [6, 6.07) is 1.62. The van der Waals surface area contributed by atoms with E-state index in [1.54, 1.807) is 29.9 Å². The Morgan fingerprint density at radius 1 is 1.16 bits per heavy atom. The van der Waals surface area contributed by atoms with Crippen molar-refractivity contribution in [1.82, 2.24) is 29.6 Å². The number of pyridine rings is 1. The smallest absolute Gasteiger partial charge is 0.410 e. The summed E-state index contributed by atoms with van der Waals surface area (Å²) in [5.74, 6) is 0.308. The first-order chi connectivity index (χ1) is 20.5. The average molecular weight is 597 g/mol. The van der Waals surface area contributed by atoms with Gasteiger partial charge in [0.2, 0.25) is 0 Å². The molecular formula is C29H37FN8O5. The van der Waals surface area contributed by atoms with Crippen molar-refractivity contribution >= 4 is 35.4 Å². The zero-order valence-corrected chi connectivity index (χ0v) is 24.7. The largest absolute Gasteiger partial charge is 0.444 e. The van der Waals surface area contributed by atoms with Gasteiger partial charge in [-0.3, -0.25) is 4.79 Å². The minimum Gasteiger partial charge on any atom is -0.444 e. The quantitative estimate of drug-likeness (QED) is 0.421. The number of rotatable bonds is 5. The zero-order valence-electron chi connectivity index (χ0n) is 24.7. The second-order valence-electron chi connectivity index (χ2n) is 12.0. The molecule has 6 rings (SSSR count). The van der Waals surface area contributed by atoms with Gasteiger partial charge < -0.3 is 39.1 Å². The lowest BCUT2D eigenvalue weighted by Gasteiger charge is -2.45. The van der Waals surface area contributed by atoms with Gasteiger partial charge in [-0.1, -0.05) is 0 Å². The molecule has 0 spiro atoms. The summed E-state index contributed by atoms with van der Waals surface area (Å²) in [5.41, 5.74) is 0.946. The number of aryl methyl sites for hydroxylation is 1. The van der Waals surface area contributed by atoms with Crippen LogP contribution in [0.1, 0.15) is 37.0 Å². The average Bonchev–Trinajstić information content (AvgIpc) is 3.28. The van der Waals surface area contributed by atoms with Crippen LogP contribution in [-0.4, -0.2) is 100 Å². The number of anilines is 2. The first-order valence-electron chi connectivity index (χ1n) is 14.3. The van der Waals surface area contributed by atoms with E-state index < -0.39 is 17.3 Å². The van der Waals surface area contributed by atoms with Crippen LogP contribution in [0.25, 0.3) is 5.65 Å². The Balaban J connectivity index is 0.000000239. The molecule has 0 aromatic carbocycles. The summed E-state index contributed by atoms with van der Waals surface area (Å²) in [6.45, 7) is 12.4. The molecule has 0 unspecified atom stereocenters. The molecule has 0 aliphatic carbocycles. The van der Waals surface area contributed by atoms with E-state index in [1.807, 2.05) is 20.8 Å². The second kappa shape index (κ2) is 12.6. The lowest BCUT2D eigenvalue weighted by atomic mass is 9.91. The summed E-state index contributed by atoms with van der Waals surface area (Å²) >= 11 is 0. The van der Waals surface area contributed by atoms with Crippen LogP contribution in [0.2, 0.25) is 0 Å². The second-order valence-corrected chi connectivity index (χ2v) is 12.0. The van der Waals surface area contributed by atoms with Crippen LogP contribution in [-0.2, 0) is 14.3 Å². The molecule has 230 valence electrons. The molecule has 0 saturated carbocycles. The van der Waals surface area contributed by atoms with Crippen LogP contribution in [0.15, 0.2) is 30.9 Å². The SMILES string of the molecule is CC(C)(C)OC(=O)N1CC(C=O)C1.Cc1cn2cc(NC(=O)c3cnc(N4CC([C@H]5COCCN5)C4)cn3)cc(F)c2n1. The molecule has 0 bridgehead atoms. The number of carbonyl (C=O) groups excluding carboxylic acids is 3.